The smallest absolute Gasteiger partial charge is 0.159 e. The summed E-state index contributed by atoms with van der Waals surface area (Å²) in [4.78, 5) is 14.4. The van der Waals surface area contributed by atoms with Crippen molar-refractivity contribution < 1.29 is 9.32 Å². The summed E-state index contributed by atoms with van der Waals surface area (Å²) in [5, 5.41) is 4.21. The quantitative estimate of drug-likeness (QED) is 0.492. The van der Waals surface area contributed by atoms with E-state index in [1.54, 1.807) is 0 Å². The van der Waals surface area contributed by atoms with E-state index >= 15 is 0 Å². The van der Waals surface area contributed by atoms with Crippen LogP contribution in [0.1, 0.15) is 105 Å². The number of nitrogens with zero attached hydrogens (tertiary/aromatic N) is 1. The molecule has 0 saturated heterocycles. The summed E-state index contributed by atoms with van der Waals surface area (Å²) in [7, 11) is 0. The molecule has 1 aromatic heterocycles. The first-order valence-electron chi connectivity index (χ1n) is 14.1. The van der Waals surface area contributed by atoms with Gasteiger partial charge in [-0.25, -0.2) is 0 Å². The Morgan fingerprint density at radius 1 is 1.03 bits per heavy atom. The average Bonchev–Trinajstić information content (AvgIpc) is 3.24. The van der Waals surface area contributed by atoms with E-state index in [-0.39, 0.29) is 38.4 Å². The largest absolute Gasteiger partial charge is 0.361 e. The standard InChI is InChI=1S/C31H46N2O2/c1-26(2)10-12-31(18-32)13-11-30(7)24(20(31)16-26)21(34)14-23-28(5)15-19-17-33-35-25(19)27(3,4)22(28)8-9-29(23,30)6/h14,17,20,22,24H,8-13,15-16,18,32H2,1-7H3/t20-,22?,24-,28-,29+,30+,31+/m0/s1. The lowest BCUT2D eigenvalue weighted by molar-refractivity contribution is -0.170. The van der Waals surface area contributed by atoms with Crippen LogP contribution in [-0.2, 0) is 16.6 Å². The maximum absolute atomic E-state index is 14.4. The third kappa shape index (κ3) is 2.79. The van der Waals surface area contributed by atoms with Gasteiger partial charge in [-0.2, -0.15) is 0 Å². The summed E-state index contributed by atoms with van der Waals surface area (Å²) in [6.07, 6.45) is 13.2. The highest BCUT2D eigenvalue weighted by Gasteiger charge is 2.69. The minimum atomic E-state index is -0.0868. The second kappa shape index (κ2) is 6.91. The van der Waals surface area contributed by atoms with Crippen LogP contribution < -0.4 is 5.73 Å². The Kier molecular flexibility index (Phi) is 4.73. The molecule has 5 aliphatic rings. The predicted octanol–water partition coefficient (Wildman–Crippen LogP) is 6.63. The molecule has 4 heteroatoms. The molecule has 0 amide bonds. The van der Waals surface area contributed by atoms with Crippen molar-refractivity contribution in [3.63, 3.8) is 0 Å². The van der Waals surface area contributed by atoms with Gasteiger partial charge in [0.2, 0.25) is 0 Å². The van der Waals surface area contributed by atoms with E-state index in [0.29, 0.717) is 17.6 Å². The van der Waals surface area contributed by atoms with E-state index in [4.69, 9.17) is 10.3 Å². The molecule has 0 radical (unpaired) electrons. The van der Waals surface area contributed by atoms with Crippen molar-refractivity contribution in [2.75, 3.05) is 6.54 Å². The molecule has 7 atom stereocenters. The predicted molar refractivity (Wildman–Crippen MR) is 139 cm³/mol. The summed E-state index contributed by atoms with van der Waals surface area (Å²) in [5.74, 6) is 2.40. The molecule has 6 rings (SSSR count). The zero-order chi connectivity index (χ0) is 25.2. The number of rotatable bonds is 1. The van der Waals surface area contributed by atoms with Crippen molar-refractivity contribution in [2.24, 2.45) is 50.6 Å². The Morgan fingerprint density at radius 2 is 1.74 bits per heavy atom. The second-order valence-electron chi connectivity index (χ2n) is 15.3. The topological polar surface area (TPSA) is 69.1 Å². The highest BCUT2D eigenvalue weighted by atomic mass is 16.5. The molecule has 4 nitrogen and oxygen atoms in total. The number of aromatic nitrogens is 1. The van der Waals surface area contributed by atoms with Crippen LogP contribution in [0.4, 0.5) is 0 Å². The van der Waals surface area contributed by atoms with Crippen LogP contribution in [0, 0.1) is 44.8 Å². The molecule has 1 heterocycles. The van der Waals surface area contributed by atoms with E-state index in [1.165, 1.54) is 36.8 Å². The minimum absolute atomic E-state index is 0.0159. The van der Waals surface area contributed by atoms with Gasteiger partial charge < -0.3 is 10.3 Å². The molecule has 3 saturated carbocycles. The summed E-state index contributed by atoms with van der Waals surface area (Å²) in [6, 6.07) is 0. The first kappa shape index (κ1) is 23.9. The first-order valence-corrected chi connectivity index (χ1v) is 14.1. The zero-order valence-corrected chi connectivity index (χ0v) is 23.1. The number of hydrogen-bond acceptors (Lipinski definition) is 4. The van der Waals surface area contributed by atoms with Gasteiger partial charge in [-0.3, -0.25) is 4.79 Å². The fourth-order valence-electron chi connectivity index (χ4n) is 10.8. The Hall–Kier alpha value is -1.42. The van der Waals surface area contributed by atoms with Crippen molar-refractivity contribution in [1.29, 1.82) is 0 Å². The maximum atomic E-state index is 14.4. The molecule has 3 fully saturated rings. The van der Waals surface area contributed by atoms with Gasteiger partial charge in [0.1, 0.15) is 5.76 Å². The third-order valence-electron chi connectivity index (χ3n) is 12.9. The van der Waals surface area contributed by atoms with E-state index in [2.05, 4.69) is 59.7 Å². The zero-order valence-electron chi connectivity index (χ0n) is 23.1. The summed E-state index contributed by atoms with van der Waals surface area (Å²) in [6.45, 7) is 17.7. The monoisotopic (exact) mass is 478 g/mol. The lowest BCUT2D eigenvalue weighted by Gasteiger charge is -2.69. The van der Waals surface area contributed by atoms with Crippen LogP contribution in [0.15, 0.2) is 22.4 Å². The molecule has 35 heavy (non-hydrogen) atoms. The highest BCUT2D eigenvalue weighted by molar-refractivity contribution is 5.95. The Balaban J connectivity index is 1.50. The average molecular weight is 479 g/mol. The normalized spacial score (nSPS) is 47.5. The molecule has 0 aromatic carbocycles. The second-order valence-corrected chi connectivity index (χ2v) is 15.3. The molecule has 1 unspecified atom stereocenters. The molecular weight excluding hydrogens is 432 g/mol. The van der Waals surface area contributed by atoms with E-state index in [0.717, 1.165) is 38.0 Å². The van der Waals surface area contributed by atoms with E-state index < -0.39 is 0 Å². The van der Waals surface area contributed by atoms with Gasteiger partial charge in [-0.1, -0.05) is 59.2 Å². The van der Waals surface area contributed by atoms with E-state index in [1.807, 2.05) is 6.20 Å². The van der Waals surface area contributed by atoms with Gasteiger partial charge in [0.05, 0.1) is 6.20 Å². The highest BCUT2D eigenvalue weighted by Crippen LogP contribution is 2.74. The molecule has 5 aliphatic carbocycles. The first-order chi connectivity index (χ1) is 16.2. The molecule has 1 aromatic rings. The molecular formula is C31H46N2O2. The van der Waals surface area contributed by atoms with Gasteiger partial charge in [-0.05, 0) is 103 Å². The molecule has 2 N–H and O–H groups in total. The number of allylic oxidation sites excluding steroid dienone is 2. The van der Waals surface area contributed by atoms with E-state index in [9.17, 15) is 4.79 Å². The number of carbonyl (C=O) groups excluding carboxylic acids is 1. The fraction of sp³-hybridized carbons (Fsp3) is 0.806. The number of hydrogen-bond donors (Lipinski definition) is 1. The van der Waals surface area contributed by atoms with Crippen molar-refractivity contribution >= 4 is 5.78 Å². The van der Waals surface area contributed by atoms with Crippen LogP contribution in [0.2, 0.25) is 0 Å². The Bertz CT molecular complexity index is 1110. The summed E-state index contributed by atoms with van der Waals surface area (Å²) >= 11 is 0. The van der Waals surface area contributed by atoms with Gasteiger partial charge >= 0.3 is 0 Å². The number of ketones is 1. The van der Waals surface area contributed by atoms with Gasteiger partial charge in [0.25, 0.3) is 0 Å². The Labute approximate surface area is 211 Å². The van der Waals surface area contributed by atoms with Gasteiger partial charge in [0, 0.05) is 16.9 Å². The Morgan fingerprint density at radius 3 is 2.46 bits per heavy atom. The van der Waals surface area contributed by atoms with Crippen LogP contribution >= 0.6 is 0 Å². The molecule has 0 aliphatic heterocycles. The van der Waals surface area contributed by atoms with Crippen molar-refractivity contribution in [2.45, 2.75) is 105 Å². The molecule has 192 valence electrons. The number of nitrogens with two attached hydrogens (primary N) is 1. The summed E-state index contributed by atoms with van der Waals surface area (Å²) in [5.41, 5.74) is 9.52. The number of carbonyl (C=O) groups is 1. The molecule has 0 spiro atoms. The minimum Gasteiger partial charge on any atom is -0.361 e. The maximum Gasteiger partial charge on any atom is 0.159 e. The van der Waals surface area contributed by atoms with Crippen LogP contribution in [-0.4, -0.2) is 17.5 Å². The lowest BCUT2D eigenvalue weighted by atomic mass is 9.34. The van der Waals surface area contributed by atoms with Crippen LogP contribution in [0.3, 0.4) is 0 Å². The van der Waals surface area contributed by atoms with Crippen LogP contribution in [0.25, 0.3) is 0 Å². The SMILES string of the molecule is CC1(C)CC[C@]2(CN)CC[C@]3(C)[C@H](C(=O)C=C4[C@@]5(C)Cc6cnoc6C(C)(C)C5CC[C@]43C)[C@@H]2C1. The summed E-state index contributed by atoms with van der Waals surface area (Å²) < 4.78 is 5.81. The lowest BCUT2D eigenvalue weighted by Crippen LogP contribution is -2.65. The van der Waals surface area contributed by atoms with Gasteiger partial charge in [-0.15, -0.1) is 0 Å². The number of fused-ring (bicyclic) bond motifs is 8. The van der Waals surface area contributed by atoms with Crippen molar-refractivity contribution in [1.82, 2.24) is 5.16 Å². The van der Waals surface area contributed by atoms with Crippen LogP contribution in [0.5, 0.6) is 0 Å². The van der Waals surface area contributed by atoms with Gasteiger partial charge in [0.15, 0.2) is 5.78 Å². The molecule has 0 bridgehead atoms. The fourth-order valence-corrected chi connectivity index (χ4v) is 10.8. The van der Waals surface area contributed by atoms with Crippen molar-refractivity contribution in [3.05, 3.63) is 29.2 Å². The third-order valence-corrected chi connectivity index (χ3v) is 12.9. The van der Waals surface area contributed by atoms with Crippen molar-refractivity contribution in [3.8, 4) is 0 Å².